The van der Waals surface area contributed by atoms with Gasteiger partial charge in [-0.15, -0.1) is 0 Å². The standard InChI is InChI=1S/C22H20ClNO3S/c1-16-6-12-21(13-7-16)28(25,26)24-15-22(18-4-3-5-19(23)14-18)17-8-10-20(27-2)11-9-17/h3-15,24H,1-2H3/b22-15-. The van der Waals surface area contributed by atoms with Crippen LogP contribution in [0.5, 0.6) is 5.75 Å². The lowest BCUT2D eigenvalue weighted by Crippen LogP contribution is -2.18. The Morgan fingerprint density at radius 2 is 1.64 bits per heavy atom. The molecule has 0 aliphatic heterocycles. The smallest absolute Gasteiger partial charge is 0.261 e. The maximum absolute atomic E-state index is 12.7. The molecule has 4 nitrogen and oxygen atoms in total. The summed E-state index contributed by atoms with van der Waals surface area (Å²) in [4.78, 5) is 0.203. The van der Waals surface area contributed by atoms with Gasteiger partial charge in [-0.05, 0) is 54.4 Å². The van der Waals surface area contributed by atoms with Crippen molar-refractivity contribution in [1.29, 1.82) is 0 Å². The molecular weight excluding hydrogens is 394 g/mol. The number of nitrogens with one attached hydrogen (secondary N) is 1. The minimum atomic E-state index is -3.70. The van der Waals surface area contributed by atoms with Gasteiger partial charge in [-0.3, -0.25) is 4.72 Å². The Kier molecular flexibility index (Phi) is 6.07. The summed E-state index contributed by atoms with van der Waals surface area (Å²) in [6.07, 6.45) is 1.49. The monoisotopic (exact) mass is 413 g/mol. The first-order chi connectivity index (χ1) is 13.4. The number of ether oxygens (including phenoxy) is 1. The van der Waals surface area contributed by atoms with Crippen LogP contribution in [0.2, 0.25) is 5.02 Å². The SMILES string of the molecule is COc1ccc(/C(=C/NS(=O)(=O)c2ccc(C)cc2)c2cccc(Cl)c2)cc1. The van der Waals surface area contributed by atoms with E-state index in [0.29, 0.717) is 10.6 Å². The first-order valence-electron chi connectivity index (χ1n) is 8.58. The molecular formula is C22H20ClNO3S. The van der Waals surface area contributed by atoms with Gasteiger partial charge in [0.05, 0.1) is 12.0 Å². The molecule has 0 bridgehead atoms. The number of methoxy groups -OCH3 is 1. The second-order valence-electron chi connectivity index (χ2n) is 6.23. The molecule has 3 rings (SSSR count). The lowest BCUT2D eigenvalue weighted by molar-refractivity contribution is 0.415. The highest BCUT2D eigenvalue weighted by molar-refractivity contribution is 7.89. The van der Waals surface area contributed by atoms with Gasteiger partial charge < -0.3 is 4.74 Å². The van der Waals surface area contributed by atoms with Crippen molar-refractivity contribution in [3.8, 4) is 5.75 Å². The number of rotatable bonds is 6. The average Bonchev–Trinajstić information content (AvgIpc) is 2.69. The van der Waals surface area contributed by atoms with Crippen LogP contribution in [0.15, 0.2) is 83.9 Å². The van der Waals surface area contributed by atoms with Crippen molar-refractivity contribution in [1.82, 2.24) is 4.72 Å². The van der Waals surface area contributed by atoms with E-state index in [-0.39, 0.29) is 4.90 Å². The fourth-order valence-electron chi connectivity index (χ4n) is 2.68. The molecule has 0 spiro atoms. The predicted molar refractivity (Wildman–Crippen MR) is 113 cm³/mol. The molecule has 0 saturated carbocycles. The number of hydrogen-bond acceptors (Lipinski definition) is 3. The van der Waals surface area contributed by atoms with Gasteiger partial charge in [-0.1, -0.05) is 53.6 Å². The van der Waals surface area contributed by atoms with E-state index in [9.17, 15) is 8.42 Å². The van der Waals surface area contributed by atoms with Crippen molar-refractivity contribution in [2.45, 2.75) is 11.8 Å². The van der Waals surface area contributed by atoms with Gasteiger partial charge in [-0.2, -0.15) is 0 Å². The van der Waals surface area contributed by atoms with Crippen LogP contribution >= 0.6 is 11.6 Å². The highest BCUT2D eigenvalue weighted by atomic mass is 35.5. The van der Waals surface area contributed by atoms with Crippen molar-refractivity contribution in [3.05, 3.63) is 101 Å². The zero-order chi connectivity index (χ0) is 20.1. The first-order valence-corrected chi connectivity index (χ1v) is 10.4. The third-order valence-corrected chi connectivity index (χ3v) is 5.78. The zero-order valence-corrected chi connectivity index (χ0v) is 17.1. The van der Waals surface area contributed by atoms with Crippen LogP contribution in [0.4, 0.5) is 0 Å². The summed E-state index contributed by atoms with van der Waals surface area (Å²) in [5, 5.41) is 0.568. The molecule has 28 heavy (non-hydrogen) atoms. The van der Waals surface area contributed by atoms with Crippen LogP contribution in [0, 0.1) is 6.92 Å². The topological polar surface area (TPSA) is 55.4 Å². The third kappa shape index (κ3) is 4.74. The van der Waals surface area contributed by atoms with Crippen LogP contribution in [-0.2, 0) is 10.0 Å². The molecule has 1 N–H and O–H groups in total. The molecule has 0 heterocycles. The van der Waals surface area contributed by atoms with E-state index in [0.717, 1.165) is 22.4 Å². The Labute approximate surface area is 170 Å². The molecule has 0 amide bonds. The van der Waals surface area contributed by atoms with E-state index in [1.54, 1.807) is 43.5 Å². The van der Waals surface area contributed by atoms with Gasteiger partial charge in [0.1, 0.15) is 5.75 Å². The lowest BCUT2D eigenvalue weighted by atomic mass is 9.99. The van der Waals surface area contributed by atoms with Gasteiger partial charge in [-0.25, -0.2) is 8.42 Å². The number of hydrogen-bond donors (Lipinski definition) is 1. The second kappa shape index (κ2) is 8.50. The summed E-state index contributed by atoms with van der Waals surface area (Å²) in [5.74, 6) is 0.717. The molecule has 0 aromatic heterocycles. The minimum absolute atomic E-state index is 0.203. The molecule has 3 aromatic carbocycles. The Morgan fingerprint density at radius 3 is 2.25 bits per heavy atom. The van der Waals surface area contributed by atoms with Gasteiger partial charge in [0, 0.05) is 16.8 Å². The largest absolute Gasteiger partial charge is 0.497 e. The van der Waals surface area contributed by atoms with Gasteiger partial charge >= 0.3 is 0 Å². The summed E-state index contributed by atoms with van der Waals surface area (Å²) in [6.45, 7) is 1.91. The molecule has 0 saturated heterocycles. The summed E-state index contributed by atoms with van der Waals surface area (Å²) in [7, 11) is -2.10. The molecule has 6 heteroatoms. The molecule has 0 aliphatic rings. The number of aryl methyl sites for hydroxylation is 1. The first kappa shape index (κ1) is 20.0. The molecule has 0 aliphatic carbocycles. The van der Waals surface area contributed by atoms with Crippen LogP contribution in [0.25, 0.3) is 5.57 Å². The van der Waals surface area contributed by atoms with Crippen LogP contribution in [0.3, 0.4) is 0 Å². The molecule has 0 radical (unpaired) electrons. The maximum Gasteiger partial charge on any atom is 0.261 e. The molecule has 144 valence electrons. The molecule has 0 fully saturated rings. The summed E-state index contributed by atoms with van der Waals surface area (Å²) in [6, 6.07) is 21.3. The van der Waals surface area contributed by atoms with E-state index < -0.39 is 10.0 Å². The van der Waals surface area contributed by atoms with Crippen molar-refractivity contribution >= 4 is 27.2 Å². The zero-order valence-electron chi connectivity index (χ0n) is 15.5. The van der Waals surface area contributed by atoms with E-state index in [1.807, 2.05) is 43.3 Å². The summed E-state index contributed by atoms with van der Waals surface area (Å²) < 4.78 is 33.1. The molecule has 3 aromatic rings. The number of sulfonamides is 1. The molecule has 0 atom stereocenters. The lowest BCUT2D eigenvalue weighted by Gasteiger charge is -2.12. The highest BCUT2D eigenvalue weighted by Gasteiger charge is 2.13. The van der Waals surface area contributed by atoms with Gasteiger partial charge in [0.25, 0.3) is 10.0 Å². The number of halogens is 1. The fourth-order valence-corrected chi connectivity index (χ4v) is 3.78. The van der Waals surface area contributed by atoms with Crippen LogP contribution in [0.1, 0.15) is 16.7 Å². The van der Waals surface area contributed by atoms with E-state index >= 15 is 0 Å². The predicted octanol–water partition coefficient (Wildman–Crippen LogP) is 5.02. The second-order valence-corrected chi connectivity index (χ2v) is 8.38. The normalized spacial score (nSPS) is 11.9. The third-order valence-electron chi connectivity index (χ3n) is 4.23. The Morgan fingerprint density at radius 1 is 0.964 bits per heavy atom. The Bertz CT molecular complexity index is 1090. The molecule has 0 unspecified atom stereocenters. The van der Waals surface area contributed by atoms with Crippen molar-refractivity contribution in [3.63, 3.8) is 0 Å². The van der Waals surface area contributed by atoms with Crippen LogP contribution < -0.4 is 9.46 Å². The minimum Gasteiger partial charge on any atom is -0.497 e. The number of benzene rings is 3. The van der Waals surface area contributed by atoms with Crippen molar-refractivity contribution in [2.75, 3.05) is 7.11 Å². The van der Waals surface area contributed by atoms with Gasteiger partial charge in [0.2, 0.25) is 0 Å². The van der Waals surface area contributed by atoms with Crippen LogP contribution in [-0.4, -0.2) is 15.5 Å². The Balaban J connectivity index is 2.01. The van der Waals surface area contributed by atoms with Crippen molar-refractivity contribution < 1.29 is 13.2 Å². The quantitative estimate of drug-likeness (QED) is 0.617. The van der Waals surface area contributed by atoms with E-state index in [2.05, 4.69) is 4.72 Å². The maximum atomic E-state index is 12.7. The highest BCUT2D eigenvalue weighted by Crippen LogP contribution is 2.27. The summed E-state index contributed by atoms with van der Waals surface area (Å²) in [5.41, 5.74) is 3.31. The van der Waals surface area contributed by atoms with Crippen molar-refractivity contribution in [2.24, 2.45) is 0 Å². The average molecular weight is 414 g/mol. The van der Waals surface area contributed by atoms with E-state index in [1.165, 1.54) is 6.20 Å². The fraction of sp³-hybridized carbons (Fsp3) is 0.0909. The van der Waals surface area contributed by atoms with Gasteiger partial charge in [0.15, 0.2) is 0 Å². The summed E-state index contributed by atoms with van der Waals surface area (Å²) >= 11 is 6.14. The van der Waals surface area contributed by atoms with E-state index in [4.69, 9.17) is 16.3 Å². The Hall–Kier alpha value is -2.76.